The minimum atomic E-state index is 0.649. The van der Waals surface area contributed by atoms with Gasteiger partial charge in [-0.05, 0) is 48.4 Å². The van der Waals surface area contributed by atoms with Crippen LogP contribution in [0.1, 0.15) is 48.4 Å². The highest BCUT2D eigenvalue weighted by molar-refractivity contribution is 5.67. The lowest BCUT2D eigenvalue weighted by Gasteiger charge is -2.09. The zero-order chi connectivity index (χ0) is 9.71. The van der Waals surface area contributed by atoms with Crippen molar-refractivity contribution in [3.63, 3.8) is 0 Å². The van der Waals surface area contributed by atoms with Crippen molar-refractivity contribution < 1.29 is 0 Å². The van der Waals surface area contributed by atoms with E-state index < -0.39 is 0 Å². The predicted molar refractivity (Wildman–Crippen MR) is 60.5 cm³/mol. The zero-order valence-corrected chi connectivity index (χ0v) is 8.93. The summed E-state index contributed by atoms with van der Waals surface area (Å²) < 4.78 is 0. The van der Waals surface area contributed by atoms with Crippen LogP contribution < -0.4 is 0 Å². The first-order chi connectivity index (χ1) is 6.75. The summed E-state index contributed by atoms with van der Waals surface area (Å²) in [7, 11) is 0. The van der Waals surface area contributed by atoms with Crippen molar-refractivity contribution in [2.24, 2.45) is 0 Å². The number of rotatable bonds is 0. The van der Waals surface area contributed by atoms with Crippen molar-refractivity contribution in [3.05, 3.63) is 40.0 Å². The second-order valence-electron chi connectivity index (χ2n) is 4.71. The Kier molecular flexibility index (Phi) is 1.61. The molecular formula is C14H16. The van der Waals surface area contributed by atoms with E-state index in [2.05, 4.69) is 32.1 Å². The lowest BCUT2D eigenvalue weighted by atomic mass is 9.95. The molecule has 3 rings (SSSR count). The first kappa shape index (κ1) is 8.28. The van der Waals surface area contributed by atoms with E-state index in [0.29, 0.717) is 5.92 Å². The molecule has 0 spiro atoms. The summed E-state index contributed by atoms with van der Waals surface area (Å²) in [5.41, 5.74) is 7.77. The van der Waals surface area contributed by atoms with Crippen LogP contribution in [0, 0.1) is 0 Å². The molecule has 1 aromatic carbocycles. The van der Waals surface area contributed by atoms with E-state index in [-0.39, 0.29) is 0 Å². The van der Waals surface area contributed by atoms with Crippen molar-refractivity contribution in [2.45, 2.75) is 39.0 Å². The van der Waals surface area contributed by atoms with Gasteiger partial charge in [0.15, 0.2) is 0 Å². The highest BCUT2D eigenvalue weighted by Crippen LogP contribution is 2.38. The molecule has 1 atom stereocenters. The van der Waals surface area contributed by atoms with E-state index in [4.69, 9.17) is 0 Å². The second kappa shape index (κ2) is 2.73. The summed E-state index contributed by atoms with van der Waals surface area (Å²) in [6, 6.07) is 4.88. The summed E-state index contributed by atoms with van der Waals surface area (Å²) in [6.45, 7) is 4.56. The molecule has 0 radical (unpaired) electrons. The molecule has 0 aliphatic heterocycles. The van der Waals surface area contributed by atoms with E-state index in [1.54, 1.807) is 16.7 Å². The number of hydrogen-bond acceptors (Lipinski definition) is 0. The Morgan fingerprint density at radius 2 is 1.86 bits per heavy atom. The third kappa shape index (κ3) is 1.00. The Balaban J connectivity index is 2.19. The van der Waals surface area contributed by atoms with Gasteiger partial charge in [-0.1, -0.05) is 30.7 Å². The maximum atomic E-state index is 2.45. The maximum Gasteiger partial charge on any atom is 0.00264 e. The minimum absolute atomic E-state index is 0.649. The van der Waals surface area contributed by atoms with Crippen LogP contribution in [0.2, 0.25) is 0 Å². The molecule has 1 unspecified atom stereocenters. The first-order valence-electron chi connectivity index (χ1n) is 5.59. The third-order valence-corrected chi connectivity index (χ3v) is 3.83. The molecule has 72 valence electrons. The van der Waals surface area contributed by atoms with Crippen LogP contribution in [0.3, 0.4) is 0 Å². The van der Waals surface area contributed by atoms with Crippen LogP contribution in [-0.2, 0) is 12.8 Å². The highest BCUT2D eigenvalue weighted by atomic mass is 14.3. The van der Waals surface area contributed by atoms with Crippen LogP contribution >= 0.6 is 0 Å². The van der Waals surface area contributed by atoms with Gasteiger partial charge in [-0.25, -0.2) is 0 Å². The molecule has 0 amide bonds. The molecular weight excluding hydrogens is 168 g/mol. The van der Waals surface area contributed by atoms with Crippen LogP contribution in [0.25, 0.3) is 6.08 Å². The summed E-state index contributed by atoms with van der Waals surface area (Å²) in [6.07, 6.45) is 6.31. The van der Waals surface area contributed by atoms with E-state index in [9.17, 15) is 0 Å². The van der Waals surface area contributed by atoms with E-state index in [1.807, 2.05) is 0 Å². The van der Waals surface area contributed by atoms with Crippen molar-refractivity contribution in [3.8, 4) is 0 Å². The number of allylic oxidation sites excluding steroid dienone is 1. The van der Waals surface area contributed by atoms with Gasteiger partial charge in [0, 0.05) is 5.92 Å². The van der Waals surface area contributed by atoms with Gasteiger partial charge in [0.2, 0.25) is 0 Å². The molecule has 2 aliphatic carbocycles. The average molecular weight is 184 g/mol. The van der Waals surface area contributed by atoms with Gasteiger partial charge in [-0.2, -0.15) is 0 Å². The van der Waals surface area contributed by atoms with Crippen LogP contribution in [0.15, 0.2) is 17.7 Å². The molecule has 0 heteroatoms. The van der Waals surface area contributed by atoms with Gasteiger partial charge in [-0.15, -0.1) is 0 Å². The van der Waals surface area contributed by atoms with Gasteiger partial charge in [0.1, 0.15) is 0 Å². The van der Waals surface area contributed by atoms with E-state index >= 15 is 0 Å². The maximum absolute atomic E-state index is 2.45. The van der Waals surface area contributed by atoms with Crippen LogP contribution in [0.5, 0.6) is 0 Å². The Bertz CT molecular complexity index is 424. The Morgan fingerprint density at radius 1 is 1.14 bits per heavy atom. The molecule has 0 heterocycles. The van der Waals surface area contributed by atoms with Crippen LogP contribution in [-0.4, -0.2) is 0 Å². The predicted octanol–water partition coefficient (Wildman–Crippen LogP) is 3.70. The van der Waals surface area contributed by atoms with Gasteiger partial charge in [0.05, 0.1) is 0 Å². The fraction of sp³-hybridized carbons (Fsp3) is 0.429. The Morgan fingerprint density at radius 3 is 2.64 bits per heavy atom. The van der Waals surface area contributed by atoms with Crippen molar-refractivity contribution >= 4 is 6.08 Å². The summed E-state index contributed by atoms with van der Waals surface area (Å²) in [5.74, 6) is 0.649. The lowest BCUT2D eigenvalue weighted by molar-refractivity contribution is 0.904. The molecule has 0 fully saturated rings. The quantitative estimate of drug-likeness (QED) is 0.576. The van der Waals surface area contributed by atoms with Gasteiger partial charge in [-0.3, -0.25) is 0 Å². The summed E-state index contributed by atoms with van der Waals surface area (Å²) >= 11 is 0. The number of aryl methyl sites for hydroxylation is 2. The minimum Gasteiger partial charge on any atom is -0.0655 e. The zero-order valence-electron chi connectivity index (χ0n) is 8.93. The topological polar surface area (TPSA) is 0 Å². The molecule has 14 heavy (non-hydrogen) atoms. The molecule has 0 bridgehead atoms. The SMILES string of the molecule is CC1=Cc2cc3c(cc2C1C)CCC3. The fourth-order valence-electron chi connectivity index (χ4n) is 2.78. The summed E-state index contributed by atoms with van der Waals surface area (Å²) in [5, 5.41) is 0. The van der Waals surface area contributed by atoms with Gasteiger partial charge in [0.25, 0.3) is 0 Å². The number of benzene rings is 1. The molecule has 0 saturated carbocycles. The molecule has 0 aromatic heterocycles. The van der Waals surface area contributed by atoms with Crippen molar-refractivity contribution in [2.75, 3.05) is 0 Å². The van der Waals surface area contributed by atoms with Crippen molar-refractivity contribution in [1.82, 2.24) is 0 Å². The monoisotopic (exact) mass is 184 g/mol. The molecule has 0 nitrogen and oxygen atoms in total. The highest BCUT2D eigenvalue weighted by Gasteiger charge is 2.21. The number of fused-ring (bicyclic) bond motifs is 2. The Labute approximate surface area is 85.6 Å². The van der Waals surface area contributed by atoms with E-state index in [0.717, 1.165) is 0 Å². The molecule has 2 aliphatic rings. The molecule has 0 N–H and O–H groups in total. The molecule has 1 aromatic rings. The van der Waals surface area contributed by atoms with E-state index in [1.165, 1.54) is 30.4 Å². The standard InChI is InChI=1S/C14H16/c1-9-6-13-7-11-4-3-5-12(11)8-14(13)10(9)2/h6-8,10H,3-5H2,1-2H3. The largest absolute Gasteiger partial charge is 0.0655 e. The normalized spacial score (nSPS) is 23.3. The van der Waals surface area contributed by atoms with Gasteiger partial charge < -0.3 is 0 Å². The fourth-order valence-corrected chi connectivity index (χ4v) is 2.78. The molecule has 0 saturated heterocycles. The van der Waals surface area contributed by atoms with Crippen molar-refractivity contribution in [1.29, 1.82) is 0 Å². The second-order valence-corrected chi connectivity index (χ2v) is 4.71. The first-order valence-corrected chi connectivity index (χ1v) is 5.59. The average Bonchev–Trinajstić information content (AvgIpc) is 2.70. The van der Waals surface area contributed by atoms with Gasteiger partial charge >= 0.3 is 0 Å². The smallest absolute Gasteiger partial charge is 0.00264 e. The van der Waals surface area contributed by atoms with Crippen LogP contribution in [0.4, 0.5) is 0 Å². The lowest BCUT2D eigenvalue weighted by Crippen LogP contribution is -1.93. The Hall–Kier alpha value is -1.04. The number of hydrogen-bond donors (Lipinski definition) is 0. The summed E-state index contributed by atoms with van der Waals surface area (Å²) in [4.78, 5) is 0. The third-order valence-electron chi connectivity index (χ3n) is 3.83.